The Kier molecular flexibility index (Phi) is 3.97. The number of nitrogens with two attached hydrogens (primary N) is 1. The van der Waals surface area contributed by atoms with E-state index < -0.39 is 0 Å². The Morgan fingerprint density at radius 1 is 1.30 bits per heavy atom. The van der Waals surface area contributed by atoms with Gasteiger partial charge in [0, 0.05) is 6.54 Å². The molecule has 2 N–H and O–H groups in total. The van der Waals surface area contributed by atoms with Crippen LogP contribution in [0.15, 0.2) is 29.1 Å². The van der Waals surface area contributed by atoms with E-state index in [0.717, 1.165) is 11.3 Å². The molecule has 5 heteroatoms. The highest BCUT2D eigenvalue weighted by atomic mass is 19.1. The summed E-state index contributed by atoms with van der Waals surface area (Å²) in [6.45, 7) is 6.94. The smallest absolute Gasteiger partial charge is 0.290 e. The quantitative estimate of drug-likeness (QED) is 0.933. The topological polar surface area (TPSA) is 52.9 Å². The van der Waals surface area contributed by atoms with Crippen molar-refractivity contribution in [2.24, 2.45) is 0 Å². The van der Waals surface area contributed by atoms with E-state index in [4.69, 9.17) is 5.73 Å². The molecule has 0 radical (unpaired) electrons. The van der Waals surface area contributed by atoms with E-state index in [1.165, 1.54) is 12.1 Å². The number of nitrogen functional groups attached to an aromatic ring is 1. The van der Waals surface area contributed by atoms with Crippen LogP contribution in [-0.2, 0) is 13.1 Å². The molecular weight excluding hydrogens is 257 g/mol. The molecule has 0 unspecified atom stereocenters. The maximum absolute atomic E-state index is 13.2. The second-order valence-electron chi connectivity index (χ2n) is 5.16. The molecule has 0 aliphatic heterocycles. The van der Waals surface area contributed by atoms with E-state index >= 15 is 0 Å². The van der Waals surface area contributed by atoms with Gasteiger partial charge in [-0.25, -0.2) is 9.07 Å². The fourth-order valence-corrected chi connectivity index (χ4v) is 2.54. The van der Waals surface area contributed by atoms with E-state index in [-0.39, 0.29) is 17.3 Å². The fourth-order valence-electron chi connectivity index (χ4n) is 2.54. The molecule has 0 saturated carbocycles. The van der Waals surface area contributed by atoms with Crippen molar-refractivity contribution in [3.8, 4) is 0 Å². The zero-order chi connectivity index (χ0) is 14.9. The zero-order valence-electron chi connectivity index (χ0n) is 12.1. The zero-order valence-corrected chi connectivity index (χ0v) is 12.1. The molecule has 4 nitrogen and oxygen atoms in total. The van der Waals surface area contributed by atoms with Gasteiger partial charge >= 0.3 is 0 Å². The first-order valence-corrected chi connectivity index (χ1v) is 6.79. The number of aromatic nitrogens is 2. The molecule has 1 heterocycles. The molecule has 1 aromatic heterocycles. The molecule has 0 bridgehead atoms. The molecule has 2 rings (SSSR count). The van der Waals surface area contributed by atoms with Gasteiger partial charge in [-0.1, -0.05) is 26.0 Å². The van der Waals surface area contributed by atoms with Gasteiger partial charge in [-0.3, -0.25) is 9.48 Å². The third kappa shape index (κ3) is 2.48. The van der Waals surface area contributed by atoms with Gasteiger partial charge in [-0.05, 0) is 30.5 Å². The minimum absolute atomic E-state index is 0.163. The third-order valence-corrected chi connectivity index (χ3v) is 3.38. The van der Waals surface area contributed by atoms with Gasteiger partial charge in [-0.2, -0.15) is 0 Å². The minimum atomic E-state index is -0.304. The van der Waals surface area contributed by atoms with Gasteiger partial charge in [0.05, 0.1) is 12.2 Å². The normalized spacial score (nSPS) is 11.2. The Hall–Kier alpha value is -2.04. The number of hydrogen-bond acceptors (Lipinski definition) is 2. The molecule has 2 aromatic rings. The van der Waals surface area contributed by atoms with Crippen LogP contribution in [0, 0.1) is 5.82 Å². The number of halogens is 1. The van der Waals surface area contributed by atoms with Crippen molar-refractivity contribution >= 4 is 5.69 Å². The predicted octanol–water partition coefficient (Wildman–Crippen LogP) is 2.56. The summed E-state index contributed by atoms with van der Waals surface area (Å²) < 4.78 is 16.7. The van der Waals surface area contributed by atoms with Crippen molar-refractivity contribution < 1.29 is 4.39 Å². The highest BCUT2D eigenvalue weighted by molar-refractivity contribution is 5.43. The second kappa shape index (κ2) is 5.53. The summed E-state index contributed by atoms with van der Waals surface area (Å²) in [5.41, 5.74) is 7.60. The molecule has 0 atom stereocenters. The van der Waals surface area contributed by atoms with E-state index in [1.54, 1.807) is 16.8 Å². The van der Waals surface area contributed by atoms with Crippen LogP contribution in [0.25, 0.3) is 0 Å². The third-order valence-electron chi connectivity index (χ3n) is 3.38. The lowest BCUT2D eigenvalue weighted by Gasteiger charge is -2.15. The largest absolute Gasteiger partial charge is 0.393 e. The molecule has 108 valence electrons. The van der Waals surface area contributed by atoms with E-state index in [0.29, 0.717) is 18.8 Å². The SMILES string of the molecule is CCn1c(C(C)C)c(N)c(=O)n1Cc1cccc(F)c1. The van der Waals surface area contributed by atoms with Crippen LogP contribution in [0.4, 0.5) is 10.1 Å². The molecule has 0 amide bonds. The van der Waals surface area contributed by atoms with Gasteiger partial charge < -0.3 is 5.73 Å². The Morgan fingerprint density at radius 2 is 2.00 bits per heavy atom. The minimum Gasteiger partial charge on any atom is -0.393 e. The molecule has 1 aromatic carbocycles. The monoisotopic (exact) mass is 277 g/mol. The van der Waals surface area contributed by atoms with Gasteiger partial charge in [-0.15, -0.1) is 0 Å². The molecule has 0 aliphatic rings. The van der Waals surface area contributed by atoms with Crippen molar-refractivity contribution in [2.75, 3.05) is 5.73 Å². The van der Waals surface area contributed by atoms with Crippen molar-refractivity contribution in [1.29, 1.82) is 0 Å². The predicted molar refractivity (Wildman–Crippen MR) is 78.4 cm³/mol. The van der Waals surface area contributed by atoms with Crippen molar-refractivity contribution in [3.05, 3.63) is 51.7 Å². The van der Waals surface area contributed by atoms with Crippen LogP contribution in [0.2, 0.25) is 0 Å². The van der Waals surface area contributed by atoms with E-state index in [9.17, 15) is 9.18 Å². The lowest BCUT2D eigenvalue weighted by Crippen LogP contribution is -2.24. The highest BCUT2D eigenvalue weighted by Gasteiger charge is 2.19. The first kappa shape index (κ1) is 14.4. The molecule has 0 aliphatic carbocycles. The average Bonchev–Trinajstić information content (AvgIpc) is 2.63. The van der Waals surface area contributed by atoms with Crippen molar-refractivity contribution in [3.63, 3.8) is 0 Å². The first-order valence-electron chi connectivity index (χ1n) is 6.79. The van der Waals surface area contributed by atoms with Crippen LogP contribution in [0.5, 0.6) is 0 Å². The number of anilines is 1. The Labute approximate surface area is 117 Å². The molecule has 0 spiro atoms. The van der Waals surface area contributed by atoms with Gasteiger partial charge in [0.2, 0.25) is 0 Å². The van der Waals surface area contributed by atoms with Crippen LogP contribution in [-0.4, -0.2) is 9.36 Å². The molecule has 20 heavy (non-hydrogen) atoms. The lowest BCUT2D eigenvalue weighted by atomic mass is 10.1. The standard InChI is InChI=1S/C15H20FN3O/c1-4-18-14(10(2)3)13(17)15(20)19(18)9-11-6-5-7-12(16)8-11/h5-8,10H,4,9,17H2,1-3H3. The van der Waals surface area contributed by atoms with Crippen LogP contribution >= 0.6 is 0 Å². The molecule has 0 fully saturated rings. The van der Waals surface area contributed by atoms with Crippen LogP contribution in [0.1, 0.15) is 37.9 Å². The summed E-state index contributed by atoms with van der Waals surface area (Å²) in [6, 6.07) is 6.26. The summed E-state index contributed by atoms with van der Waals surface area (Å²) in [5.74, 6) is -0.140. The second-order valence-corrected chi connectivity index (χ2v) is 5.16. The maximum atomic E-state index is 13.2. The summed E-state index contributed by atoms with van der Waals surface area (Å²) in [5, 5.41) is 0. The highest BCUT2D eigenvalue weighted by Crippen LogP contribution is 2.20. The maximum Gasteiger partial charge on any atom is 0.290 e. The van der Waals surface area contributed by atoms with E-state index in [1.807, 2.05) is 25.5 Å². The van der Waals surface area contributed by atoms with Crippen molar-refractivity contribution in [1.82, 2.24) is 9.36 Å². The molecule has 0 saturated heterocycles. The first-order chi connectivity index (χ1) is 9.45. The van der Waals surface area contributed by atoms with Crippen molar-refractivity contribution in [2.45, 2.75) is 39.8 Å². The number of rotatable bonds is 4. The Morgan fingerprint density at radius 3 is 2.55 bits per heavy atom. The summed E-state index contributed by atoms with van der Waals surface area (Å²) in [4.78, 5) is 12.3. The lowest BCUT2D eigenvalue weighted by molar-refractivity contribution is 0.464. The number of hydrogen-bond donors (Lipinski definition) is 1. The average molecular weight is 277 g/mol. The number of benzene rings is 1. The summed E-state index contributed by atoms with van der Waals surface area (Å²) in [7, 11) is 0. The van der Waals surface area contributed by atoms with Gasteiger partial charge in [0.15, 0.2) is 0 Å². The Bertz CT molecular complexity index is 670. The Balaban J connectivity index is 2.52. The van der Waals surface area contributed by atoms with Crippen LogP contribution < -0.4 is 11.3 Å². The van der Waals surface area contributed by atoms with E-state index in [2.05, 4.69) is 0 Å². The molecular formula is C15H20FN3O. The van der Waals surface area contributed by atoms with Gasteiger partial charge in [0.1, 0.15) is 11.5 Å². The summed E-state index contributed by atoms with van der Waals surface area (Å²) >= 11 is 0. The summed E-state index contributed by atoms with van der Waals surface area (Å²) in [6.07, 6.45) is 0. The fraction of sp³-hybridized carbons (Fsp3) is 0.400. The van der Waals surface area contributed by atoms with Crippen LogP contribution in [0.3, 0.4) is 0 Å². The number of nitrogens with zero attached hydrogens (tertiary/aromatic N) is 2. The van der Waals surface area contributed by atoms with Gasteiger partial charge in [0.25, 0.3) is 5.56 Å².